The van der Waals surface area contributed by atoms with Crippen LogP contribution < -0.4 is 9.80 Å². The van der Waals surface area contributed by atoms with Crippen LogP contribution in [0.2, 0.25) is 0 Å². The van der Waals surface area contributed by atoms with Crippen LogP contribution in [0.3, 0.4) is 0 Å². The first-order valence-corrected chi connectivity index (χ1v) is 15.6. The van der Waals surface area contributed by atoms with E-state index in [4.69, 9.17) is 0 Å². The van der Waals surface area contributed by atoms with E-state index >= 15 is 0 Å². The average Bonchev–Trinajstić information content (AvgIpc) is 2.97. The maximum Gasteiger partial charge on any atom is 0.0502 e. The van der Waals surface area contributed by atoms with Crippen molar-refractivity contribution < 1.29 is 0 Å². The predicted octanol–water partition coefficient (Wildman–Crippen LogP) is 11.5. The molecule has 2 heterocycles. The molecule has 0 unspecified atom stereocenters. The molecule has 216 valence electrons. The molecule has 2 aliphatic heterocycles. The molecule has 0 spiro atoms. The molecule has 0 bridgehead atoms. The number of anilines is 6. The summed E-state index contributed by atoms with van der Waals surface area (Å²) in [6, 6.07) is 43.0. The first kappa shape index (κ1) is 27.5. The molecule has 43 heavy (non-hydrogen) atoms. The lowest BCUT2D eigenvalue weighted by Gasteiger charge is -2.43. The Balaban J connectivity index is 1.42. The Morgan fingerprint density at radius 3 is 1.35 bits per heavy atom. The van der Waals surface area contributed by atoms with Crippen LogP contribution in [0.15, 0.2) is 115 Å². The summed E-state index contributed by atoms with van der Waals surface area (Å²) in [6.45, 7) is 16.4. The fraction of sp³-hybridized carbons (Fsp3) is 0.268. The van der Waals surface area contributed by atoms with Gasteiger partial charge in [0.2, 0.25) is 0 Å². The minimum Gasteiger partial charge on any atom is -0.310 e. The van der Waals surface area contributed by atoms with Gasteiger partial charge in [0.15, 0.2) is 0 Å². The minimum absolute atomic E-state index is 0.0810. The fourth-order valence-electron chi connectivity index (χ4n) is 7.47. The number of nitrogens with zero attached hydrogens (tertiary/aromatic N) is 2. The monoisotopic (exact) mass is 562 g/mol. The number of rotatable bonds is 3. The number of hydrogen-bond acceptors (Lipinski definition) is 2. The van der Waals surface area contributed by atoms with Crippen LogP contribution in [0.4, 0.5) is 34.1 Å². The van der Waals surface area contributed by atoms with Crippen molar-refractivity contribution in [1.82, 2.24) is 0 Å². The largest absolute Gasteiger partial charge is 0.310 e. The molecule has 0 aromatic heterocycles. The molecule has 0 fully saturated rings. The topological polar surface area (TPSA) is 6.48 Å². The predicted molar refractivity (Wildman–Crippen MR) is 183 cm³/mol. The molecule has 5 aromatic rings. The van der Waals surface area contributed by atoms with Crippen LogP contribution in [-0.2, 0) is 17.3 Å². The summed E-state index contributed by atoms with van der Waals surface area (Å²) < 4.78 is 0. The van der Waals surface area contributed by atoms with Gasteiger partial charge in [-0.05, 0) is 82.1 Å². The second-order valence-corrected chi connectivity index (χ2v) is 14.6. The maximum absolute atomic E-state index is 2.48. The zero-order valence-corrected chi connectivity index (χ0v) is 26.6. The maximum atomic E-state index is 2.48. The normalized spacial score (nSPS) is 16.2. The third-order valence-corrected chi connectivity index (χ3v) is 9.51. The van der Waals surface area contributed by atoms with Gasteiger partial charge in [0.1, 0.15) is 0 Å². The van der Waals surface area contributed by atoms with E-state index in [-0.39, 0.29) is 16.2 Å². The molecular weight excluding hydrogens is 520 g/mol. The van der Waals surface area contributed by atoms with Gasteiger partial charge in [-0.3, -0.25) is 0 Å². The highest BCUT2D eigenvalue weighted by atomic mass is 15.2. The minimum atomic E-state index is -0.107. The molecule has 0 aliphatic carbocycles. The number of para-hydroxylation sites is 3. The molecule has 0 radical (unpaired) electrons. The fourth-order valence-corrected chi connectivity index (χ4v) is 7.47. The van der Waals surface area contributed by atoms with Crippen molar-refractivity contribution in [3.63, 3.8) is 0 Å². The van der Waals surface area contributed by atoms with Crippen molar-refractivity contribution in [2.75, 3.05) is 9.80 Å². The van der Waals surface area contributed by atoms with E-state index in [0.717, 1.165) is 6.42 Å². The van der Waals surface area contributed by atoms with Gasteiger partial charge in [0.05, 0.1) is 22.7 Å². The van der Waals surface area contributed by atoms with Crippen LogP contribution in [0.1, 0.15) is 76.3 Å². The van der Waals surface area contributed by atoms with E-state index < -0.39 is 0 Å². The summed E-state index contributed by atoms with van der Waals surface area (Å²) in [4.78, 5) is 4.93. The summed E-state index contributed by atoms with van der Waals surface area (Å²) >= 11 is 0. The lowest BCUT2D eigenvalue weighted by molar-refractivity contribution is 0.411. The lowest BCUT2D eigenvalue weighted by atomic mass is 9.72. The van der Waals surface area contributed by atoms with Gasteiger partial charge < -0.3 is 9.80 Å². The zero-order chi connectivity index (χ0) is 30.1. The number of fused-ring (bicyclic) bond motifs is 4. The third-order valence-electron chi connectivity index (χ3n) is 9.51. The molecule has 2 aliphatic rings. The smallest absolute Gasteiger partial charge is 0.0502 e. The quantitative estimate of drug-likeness (QED) is 0.216. The molecular formula is C41H42N2. The number of hydrogen-bond donors (Lipinski definition) is 0. The van der Waals surface area contributed by atoms with Crippen molar-refractivity contribution in [2.24, 2.45) is 5.41 Å². The lowest BCUT2D eigenvalue weighted by Crippen LogP contribution is -2.31. The van der Waals surface area contributed by atoms with Crippen molar-refractivity contribution in [2.45, 2.75) is 65.7 Å². The summed E-state index contributed by atoms with van der Waals surface area (Å²) in [5, 5.41) is 0. The van der Waals surface area contributed by atoms with E-state index in [0.29, 0.717) is 0 Å². The first-order valence-electron chi connectivity index (χ1n) is 15.6. The first-order chi connectivity index (χ1) is 20.5. The van der Waals surface area contributed by atoms with E-state index in [2.05, 4.69) is 174 Å². The third kappa shape index (κ3) is 4.38. The van der Waals surface area contributed by atoms with Crippen molar-refractivity contribution in [3.8, 4) is 0 Å². The summed E-state index contributed by atoms with van der Waals surface area (Å²) in [6.07, 6.45) is 1.05. The Morgan fingerprint density at radius 2 is 0.884 bits per heavy atom. The average molecular weight is 563 g/mol. The van der Waals surface area contributed by atoms with Gasteiger partial charge in [0.25, 0.3) is 0 Å². The Kier molecular flexibility index (Phi) is 6.15. The molecule has 2 heteroatoms. The number of benzene rings is 5. The molecule has 0 N–H and O–H groups in total. The van der Waals surface area contributed by atoms with Crippen LogP contribution in [0.5, 0.6) is 0 Å². The Hall–Kier alpha value is -4.30. The SMILES string of the molecule is CC(C)(C)Cc1ccc2c(c1)C(C)(C)c1ccccc1N2c1cccc(N2c3ccccc3C(C)(C)c3ccccc32)c1. The molecule has 0 amide bonds. The van der Waals surface area contributed by atoms with Gasteiger partial charge in [-0.1, -0.05) is 121 Å². The van der Waals surface area contributed by atoms with Crippen molar-refractivity contribution >= 4 is 34.1 Å². The van der Waals surface area contributed by atoms with E-state index in [1.165, 1.54) is 61.9 Å². The van der Waals surface area contributed by atoms with Gasteiger partial charge in [-0.15, -0.1) is 0 Å². The van der Waals surface area contributed by atoms with Crippen LogP contribution in [0.25, 0.3) is 0 Å². The molecule has 2 nitrogen and oxygen atoms in total. The van der Waals surface area contributed by atoms with E-state index in [1.807, 2.05) is 0 Å². The summed E-state index contributed by atoms with van der Waals surface area (Å²) in [5.41, 5.74) is 14.2. The van der Waals surface area contributed by atoms with Gasteiger partial charge in [-0.25, -0.2) is 0 Å². The van der Waals surface area contributed by atoms with Crippen molar-refractivity contribution in [3.05, 3.63) is 143 Å². The molecule has 0 atom stereocenters. The van der Waals surface area contributed by atoms with E-state index in [9.17, 15) is 0 Å². The highest BCUT2D eigenvalue weighted by molar-refractivity contribution is 5.90. The van der Waals surface area contributed by atoms with Gasteiger partial charge in [-0.2, -0.15) is 0 Å². The van der Waals surface area contributed by atoms with Crippen molar-refractivity contribution in [1.29, 1.82) is 0 Å². The van der Waals surface area contributed by atoms with Crippen LogP contribution in [0, 0.1) is 5.41 Å². The Morgan fingerprint density at radius 1 is 0.465 bits per heavy atom. The molecule has 0 saturated heterocycles. The zero-order valence-electron chi connectivity index (χ0n) is 26.6. The highest BCUT2D eigenvalue weighted by Crippen LogP contribution is 2.55. The second kappa shape index (κ2) is 9.61. The summed E-state index contributed by atoms with van der Waals surface area (Å²) in [7, 11) is 0. The van der Waals surface area contributed by atoms with Gasteiger partial charge >= 0.3 is 0 Å². The standard InChI is InChI=1S/C41H42N2/c1-39(2,3)27-28-23-24-38-34(25-28)41(6,7)33-19-10-13-22-37(33)43(38)30-16-14-15-29(26-30)42-35-20-11-8-17-31(35)40(4,5)32-18-9-12-21-36(32)42/h8-26H,27H2,1-7H3. The van der Waals surface area contributed by atoms with Crippen LogP contribution in [-0.4, -0.2) is 0 Å². The Labute approximate surface area is 257 Å². The van der Waals surface area contributed by atoms with Gasteiger partial charge in [0, 0.05) is 22.2 Å². The summed E-state index contributed by atoms with van der Waals surface area (Å²) in [5.74, 6) is 0. The molecule has 0 saturated carbocycles. The molecule has 7 rings (SSSR count). The second-order valence-electron chi connectivity index (χ2n) is 14.6. The molecule has 5 aromatic carbocycles. The Bertz CT molecular complexity index is 1800. The highest BCUT2D eigenvalue weighted by Gasteiger charge is 2.39. The van der Waals surface area contributed by atoms with Crippen LogP contribution >= 0.6 is 0 Å². The van der Waals surface area contributed by atoms with E-state index in [1.54, 1.807) is 0 Å².